The molecule has 1 aliphatic carbocycles. The maximum absolute atomic E-state index is 12.7. The summed E-state index contributed by atoms with van der Waals surface area (Å²) in [5, 5.41) is 17.1. The Morgan fingerprint density at radius 3 is 2.42 bits per heavy atom. The number of halogens is 1. The van der Waals surface area contributed by atoms with Gasteiger partial charge in [-0.2, -0.15) is 14.9 Å². The van der Waals surface area contributed by atoms with E-state index in [1.54, 1.807) is 30.3 Å². The molecule has 0 N–H and O–H groups in total. The number of carbonyl (C=O) groups excluding carboxylic acids is 1. The molecule has 1 saturated carbocycles. The molecule has 0 unspecified atom stereocenters. The molecule has 122 valence electrons. The minimum atomic E-state index is -0.814. The fraction of sp³-hybridized carbons (Fsp3) is 0.316. The van der Waals surface area contributed by atoms with Crippen LogP contribution >= 0.6 is 0 Å². The van der Waals surface area contributed by atoms with Crippen molar-refractivity contribution in [1.29, 1.82) is 10.5 Å². The zero-order chi connectivity index (χ0) is 17.4. The Bertz CT molecular complexity index is 715. The van der Waals surface area contributed by atoms with Crippen LogP contribution in [-0.4, -0.2) is 5.97 Å². The first-order valence-corrected chi connectivity index (χ1v) is 7.78. The number of carbonyl (C=O) groups is 1. The van der Waals surface area contributed by atoms with Gasteiger partial charge < -0.3 is 4.74 Å². The summed E-state index contributed by atoms with van der Waals surface area (Å²) in [4.78, 5) is 12.2. The number of rotatable bonds is 4. The molecule has 2 rings (SSSR count). The predicted octanol–water partition coefficient (Wildman–Crippen LogP) is 4.20. The Balaban J connectivity index is 1.82. The van der Waals surface area contributed by atoms with Gasteiger partial charge >= 0.3 is 5.97 Å². The molecule has 1 fully saturated rings. The summed E-state index contributed by atoms with van der Waals surface area (Å²) in [6.07, 6.45) is 7.66. The zero-order valence-corrected chi connectivity index (χ0v) is 13.1. The average molecular weight is 324 g/mol. The lowest BCUT2D eigenvalue weighted by Crippen LogP contribution is -2.25. The van der Waals surface area contributed by atoms with Gasteiger partial charge in [-0.15, -0.1) is 0 Å². The van der Waals surface area contributed by atoms with E-state index in [9.17, 15) is 9.18 Å². The molecule has 0 amide bonds. The maximum Gasteiger partial charge on any atom is 0.314 e. The van der Waals surface area contributed by atoms with Gasteiger partial charge in [-0.05, 0) is 61.9 Å². The topological polar surface area (TPSA) is 73.9 Å². The molecule has 0 aliphatic heterocycles. The van der Waals surface area contributed by atoms with Gasteiger partial charge in [0.2, 0.25) is 0 Å². The number of allylic oxidation sites excluding steroid dienone is 4. The van der Waals surface area contributed by atoms with Gasteiger partial charge in [0.1, 0.15) is 11.8 Å². The lowest BCUT2D eigenvalue weighted by atomic mass is 9.82. The van der Waals surface area contributed by atoms with Crippen LogP contribution in [-0.2, 0) is 4.79 Å². The van der Waals surface area contributed by atoms with Gasteiger partial charge in [0.15, 0.2) is 5.83 Å². The normalized spacial score (nSPS) is 21.0. The molecule has 5 heteroatoms. The van der Waals surface area contributed by atoms with E-state index in [4.69, 9.17) is 15.3 Å². The Kier molecular flexibility index (Phi) is 6.28. The van der Waals surface area contributed by atoms with Gasteiger partial charge in [0.05, 0.1) is 17.6 Å². The van der Waals surface area contributed by atoms with E-state index in [2.05, 4.69) is 0 Å². The van der Waals surface area contributed by atoms with E-state index in [1.807, 2.05) is 12.1 Å². The molecule has 0 bridgehead atoms. The van der Waals surface area contributed by atoms with Crippen LogP contribution in [0, 0.1) is 34.5 Å². The summed E-state index contributed by atoms with van der Waals surface area (Å²) in [5.41, 5.74) is 0.518. The van der Waals surface area contributed by atoms with Crippen LogP contribution in [0.3, 0.4) is 0 Å². The molecule has 1 aromatic carbocycles. The quantitative estimate of drug-likeness (QED) is 0.360. The van der Waals surface area contributed by atoms with Gasteiger partial charge in [0.25, 0.3) is 0 Å². The molecule has 1 aliphatic rings. The van der Waals surface area contributed by atoms with Crippen LogP contribution in [0.5, 0.6) is 5.75 Å². The van der Waals surface area contributed by atoms with Crippen LogP contribution in [0.1, 0.15) is 31.2 Å². The summed E-state index contributed by atoms with van der Waals surface area (Å²) in [6.45, 7) is 0. The standard InChI is InChI=1S/C19H17FN2O2/c20-17(13-22)3-1-2-14-4-8-16(9-5-14)19(23)24-18-10-6-15(12-21)7-11-18/h1-3,6-7,10-11,14,16H,4-5,8-9H2/t14-,16-. The van der Waals surface area contributed by atoms with E-state index in [1.165, 1.54) is 6.07 Å². The summed E-state index contributed by atoms with van der Waals surface area (Å²) in [5.74, 6) is -0.481. The second-order valence-corrected chi connectivity index (χ2v) is 5.68. The second-order valence-electron chi connectivity index (χ2n) is 5.68. The summed E-state index contributed by atoms with van der Waals surface area (Å²) >= 11 is 0. The van der Waals surface area contributed by atoms with Crippen molar-refractivity contribution in [2.45, 2.75) is 25.7 Å². The highest BCUT2D eigenvalue weighted by atomic mass is 19.1. The van der Waals surface area contributed by atoms with Gasteiger partial charge in [0, 0.05) is 0 Å². The van der Waals surface area contributed by atoms with E-state index in [0.717, 1.165) is 18.9 Å². The molecule has 1 aromatic rings. The third kappa shape index (κ3) is 5.07. The van der Waals surface area contributed by atoms with Gasteiger partial charge in [-0.25, -0.2) is 0 Å². The fourth-order valence-electron chi connectivity index (χ4n) is 2.68. The number of benzene rings is 1. The zero-order valence-electron chi connectivity index (χ0n) is 13.1. The number of ether oxygens (including phenoxy) is 1. The third-order valence-electron chi connectivity index (χ3n) is 4.04. The van der Waals surface area contributed by atoms with E-state index < -0.39 is 5.83 Å². The minimum Gasteiger partial charge on any atom is -0.426 e. The largest absolute Gasteiger partial charge is 0.426 e. The van der Waals surface area contributed by atoms with Gasteiger partial charge in [-0.1, -0.05) is 12.2 Å². The lowest BCUT2D eigenvalue weighted by Gasteiger charge is -2.25. The van der Waals surface area contributed by atoms with Crippen LogP contribution in [0.25, 0.3) is 0 Å². The van der Waals surface area contributed by atoms with Crippen molar-refractivity contribution in [2.24, 2.45) is 11.8 Å². The molecule has 0 radical (unpaired) electrons. The highest BCUT2D eigenvalue weighted by molar-refractivity contribution is 5.75. The van der Waals surface area contributed by atoms with Crippen molar-refractivity contribution in [3.63, 3.8) is 0 Å². The Morgan fingerprint density at radius 1 is 1.17 bits per heavy atom. The highest BCUT2D eigenvalue weighted by Crippen LogP contribution is 2.31. The van der Waals surface area contributed by atoms with Crippen LogP contribution in [0.4, 0.5) is 4.39 Å². The summed E-state index contributed by atoms with van der Waals surface area (Å²) < 4.78 is 18.0. The average Bonchev–Trinajstić information content (AvgIpc) is 2.62. The number of hydrogen-bond donors (Lipinski definition) is 0. The van der Waals surface area contributed by atoms with Crippen molar-refractivity contribution in [3.8, 4) is 17.9 Å². The number of nitrogens with zero attached hydrogens (tertiary/aromatic N) is 2. The molecule has 0 spiro atoms. The molecule has 0 atom stereocenters. The SMILES string of the molecule is N#CC(F)=CC=C[C@H]1CC[C@H](C(=O)Oc2ccc(C#N)cc2)CC1. The van der Waals surface area contributed by atoms with Crippen LogP contribution in [0.15, 0.2) is 48.3 Å². The Morgan fingerprint density at radius 2 is 1.83 bits per heavy atom. The van der Waals surface area contributed by atoms with Crippen LogP contribution < -0.4 is 4.74 Å². The summed E-state index contributed by atoms with van der Waals surface area (Å²) in [6, 6.07) is 9.87. The smallest absolute Gasteiger partial charge is 0.314 e. The van der Waals surface area contributed by atoms with Crippen molar-refractivity contribution in [3.05, 3.63) is 53.9 Å². The molecular formula is C19H17FN2O2. The Labute approximate surface area is 140 Å². The van der Waals surface area contributed by atoms with E-state index in [-0.39, 0.29) is 17.8 Å². The number of esters is 1. The predicted molar refractivity (Wildman–Crippen MR) is 86.2 cm³/mol. The van der Waals surface area contributed by atoms with Crippen molar-refractivity contribution in [1.82, 2.24) is 0 Å². The van der Waals surface area contributed by atoms with Crippen molar-refractivity contribution in [2.75, 3.05) is 0 Å². The fourth-order valence-corrected chi connectivity index (χ4v) is 2.68. The van der Waals surface area contributed by atoms with Crippen molar-refractivity contribution >= 4 is 5.97 Å². The number of hydrogen-bond acceptors (Lipinski definition) is 4. The first kappa shape index (κ1) is 17.4. The van der Waals surface area contributed by atoms with Crippen molar-refractivity contribution < 1.29 is 13.9 Å². The van der Waals surface area contributed by atoms with Gasteiger partial charge in [-0.3, -0.25) is 4.79 Å². The Hall–Kier alpha value is -2.92. The van der Waals surface area contributed by atoms with E-state index in [0.29, 0.717) is 24.2 Å². The first-order valence-electron chi connectivity index (χ1n) is 7.78. The minimum absolute atomic E-state index is 0.142. The van der Waals surface area contributed by atoms with Crippen LogP contribution in [0.2, 0.25) is 0 Å². The molecule has 0 saturated heterocycles. The second kappa shape index (κ2) is 8.64. The highest BCUT2D eigenvalue weighted by Gasteiger charge is 2.26. The van der Waals surface area contributed by atoms with E-state index >= 15 is 0 Å². The third-order valence-corrected chi connectivity index (χ3v) is 4.04. The maximum atomic E-state index is 12.7. The molecule has 24 heavy (non-hydrogen) atoms. The number of nitriles is 2. The molecule has 0 aromatic heterocycles. The first-order chi connectivity index (χ1) is 11.6. The summed E-state index contributed by atoms with van der Waals surface area (Å²) in [7, 11) is 0. The lowest BCUT2D eigenvalue weighted by molar-refractivity contribution is -0.140. The monoisotopic (exact) mass is 324 g/mol. The molecular weight excluding hydrogens is 307 g/mol. The molecule has 4 nitrogen and oxygen atoms in total. The molecule has 0 heterocycles.